The van der Waals surface area contributed by atoms with Gasteiger partial charge in [-0.3, -0.25) is 9.69 Å². The second kappa shape index (κ2) is 8.34. The zero-order valence-electron chi connectivity index (χ0n) is 15.0. The summed E-state index contributed by atoms with van der Waals surface area (Å²) in [5.74, 6) is 2.63. The lowest BCUT2D eigenvalue weighted by atomic mass is 10.1. The molecule has 1 aromatic carbocycles. The number of ether oxygens (including phenoxy) is 1. The normalized spacial score (nSPS) is 10.5. The minimum absolute atomic E-state index is 0.153. The van der Waals surface area contributed by atoms with E-state index in [0.717, 1.165) is 12.2 Å². The van der Waals surface area contributed by atoms with E-state index in [1.807, 2.05) is 56.3 Å². The molecule has 26 heavy (non-hydrogen) atoms. The van der Waals surface area contributed by atoms with Gasteiger partial charge in [-0.1, -0.05) is 19.1 Å². The lowest BCUT2D eigenvalue weighted by Gasteiger charge is -2.21. The molecule has 0 aliphatic heterocycles. The molecule has 0 aliphatic rings. The number of carbonyl (C=O) groups is 1. The molecule has 0 bridgehead atoms. The third-order valence-electron chi connectivity index (χ3n) is 3.83. The lowest BCUT2D eigenvalue weighted by molar-refractivity contribution is 0.0982. The van der Waals surface area contributed by atoms with Gasteiger partial charge >= 0.3 is 0 Å². The van der Waals surface area contributed by atoms with Crippen LogP contribution in [0, 0.1) is 6.92 Å². The average molecular weight is 350 g/mol. The van der Waals surface area contributed by atoms with Crippen molar-refractivity contribution in [3.63, 3.8) is 0 Å². The van der Waals surface area contributed by atoms with Crippen LogP contribution in [0.3, 0.4) is 0 Å². The van der Waals surface area contributed by atoms with E-state index in [9.17, 15) is 4.79 Å². The Bertz CT molecular complexity index is 858. The highest BCUT2D eigenvalue weighted by molar-refractivity contribution is 6.05. The molecule has 0 saturated carbocycles. The molecule has 3 rings (SSSR count). The molecule has 134 valence electrons. The number of hydrogen-bond acceptors (Lipinski definition) is 4. The fourth-order valence-corrected chi connectivity index (χ4v) is 2.59. The van der Waals surface area contributed by atoms with Gasteiger partial charge in [0.2, 0.25) is 0 Å². The van der Waals surface area contributed by atoms with E-state index >= 15 is 0 Å². The van der Waals surface area contributed by atoms with Crippen LogP contribution < -0.4 is 9.64 Å². The summed E-state index contributed by atoms with van der Waals surface area (Å²) in [4.78, 5) is 19.1. The van der Waals surface area contributed by atoms with Crippen LogP contribution in [0.15, 0.2) is 65.2 Å². The topological polar surface area (TPSA) is 55.6 Å². The number of aromatic nitrogens is 1. The molecule has 0 radical (unpaired) electrons. The van der Waals surface area contributed by atoms with Gasteiger partial charge in [0.1, 0.15) is 23.1 Å². The first-order chi connectivity index (χ1) is 12.7. The molecule has 0 spiro atoms. The van der Waals surface area contributed by atoms with E-state index in [-0.39, 0.29) is 5.91 Å². The highest BCUT2D eigenvalue weighted by Crippen LogP contribution is 2.21. The zero-order valence-corrected chi connectivity index (χ0v) is 15.0. The molecule has 1 amide bonds. The number of benzene rings is 1. The van der Waals surface area contributed by atoms with E-state index < -0.39 is 0 Å². The van der Waals surface area contributed by atoms with E-state index in [1.165, 1.54) is 0 Å². The Morgan fingerprint density at radius 1 is 1.15 bits per heavy atom. The summed E-state index contributed by atoms with van der Waals surface area (Å²) in [5, 5.41) is 0. The second-order valence-electron chi connectivity index (χ2n) is 5.97. The first-order valence-corrected chi connectivity index (χ1v) is 8.68. The number of nitrogens with zero attached hydrogens (tertiary/aromatic N) is 2. The predicted octanol–water partition coefficient (Wildman–Crippen LogP) is 4.62. The van der Waals surface area contributed by atoms with Gasteiger partial charge in [-0.05, 0) is 55.8 Å². The van der Waals surface area contributed by atoms with Gasteiger partial charge in [-0.15, -0.1) is 0 Å². The molecule has 5 heteroatoms. The van der Waals surface area contributed by atoms with Crippen LogP contribution in [-0.4, -0.2) is 17.5 Å². The molecule has 2 heterocycles. The summed E-state index contributed by atoms with van der Waals surface area (Å²) < 4.78 is 11.3. The third kappa shape index (κ3) is 4.30. The van der Waals surface area contributed by atoms with Crippen LogP contribution in [0.4, 0.5) is 5.82 Å². The van der Waals surface area contributed by atoms with Crippen molar-refractivity contribution in [3.05, 3.63) is 77.9 Å². The van der Waals surface area contributed by atoms with Crippen molar-refractivity contribution < 1.29 is 13.9 Å². The quantitative estimate of drug-likeness (QED) is 0.624. The maximum absolute atomic E-state index is 13.2. The van der Waals surface area contributed by atoms with Crippen molar-refractivity contribution in [2.24, 2.45) is 0 Å². The van der Waals surface area contributed by atoms with E-state index in [2.05, 4.69) is 4.98 Å². The molecule has 0 saturated heterocycles. The Morgan fingerprint density at radius 3 is 2.73 bits per heavy atom. The van der Waals surface area contributed by atoms with Gasteiger partial charge in [-0.25, -0.2) is 4.98 Å². The Labute approximate surface area is 153 Å². The molecule has 3 aromatic rings. The number of hydrogen-bond donors (Lipinski definition) is 0. The van der Waals surface area contributed by atoms with E-state index in [0.29, 0.717) is 36.0 Å². The zero-order chi connectivity index (χ0) is 18.4. The van der Waals surface area contributed by atoms with Crippen molar-refractivity contribution in [2.75, 3.05) is 11.5 Å². The van der Waals surface area contributed by atoms with Crippen LogP contribution in [-0.2, 0) is 6.54 Å². The molecule has 0 atom stereocenters. The van der Waals surface area contributed by atoms with Crippen molar-refractivity contribution >= 4 is 11.7 Å². The number of carbonyl (C=O) groups excluding carboxylic acids is 1. The van der Waals surface area contributed by atoms with Gasteiger partial charge in [0.15, 0.2) is 0 Å². The first-order valence-electron chi connectivity index (χ1n) is 8.68. The Balaban J connectivity index is 1.89. The van der Waals surface area contributed by atoms with Gasteiger partial charge < -0.3 is 9.15 Å². The van der Waals surface area contributed by atoms with Gasteiger partial charge in [0, 0.05) is 11.8 Å². The van der Waals surface area contributed by atoms with Crippen LogP contribution in [0.5, 0.6) is 5.75 Å². The maximum Gasteiger partial charge on any atom is 0.259 e. The van der Waals surface area contributed by atoms with Gasteiger partial charge in [0.05, 0.1) is 13.2 Å². The Morgan fingerprint density at radius 2 is 2.04 bits per heavy atom. The monoisotopic (exact) mass is 350 g/mol. The van der Waals surface area contributed by atoms with Crippen LogP contribution >= 0.6 is 0 Å². The maximum atomic E-state index is 13.2. The number of pyridine rings is 1. The minimum atomic E-state index is -0.153. The fourth-order valence-electron chi connectivity index (χ4n) is 2.59. The van der Waals surface area contributed by atoms with Crippen molar-refractivity contribution in [1.82, 2.24) is 4.98 Å². The number of anilines is 1. The summed E-state index contributed by atoms with van der Waals surface area (Å²) in [6.45, 7) is 4.85. The van der Waals surface area contributed by atoms with Gasteiger partial charge in [0.25, 0.3) is 5.91 Å². The van der Waals surface area contributed by atoms with Gasteiger partial charge in [-0.2, -0.15) is 0 Å². The fraction of sp³-hybridized carbons (Fsp3) is 0.238. The summed E-state index contributed by atoms with van der Waals surface area (Å²) >= 11 is 0. The molecule has 0 aliphatic carbocycles. The molecule has 0 unspecified atom stereocenters. The van der Waals surface area contributed by atoms with E-state index in [1.54, 1.807) is 23.2 Å². The molecule has 0 fully saturated rings. The molecule has 5 nitrogen and oxygen atoms in total. The summed E-state index contributed by atoms with van der Waals surface area (Å²) in [7, 11) is 0. The average Bonchev–Trinajstić information content (AvgIpc) is 3.10. The third-order valence-corrected chi connectivity index (χ3v) is 3.83. The van der Waals surface area contributed by atoms with E-state index in [4.69, 9.17) is 9.15 Å². The SMILES string of the molecule is CCCOc1cccc(C(=O)N(Cc2ccc(C)o2)c2ccccn2)c1. The second-order valence-corrected chi connectivity index (χ2v) is 5.97. The van der Waals surface area contributed by atoms with Crippen LogP contribution in [0.25, 0.3) is 0 Å². The highest BCUT2D eigenvalue weighted by atomic mass is 16.5. The summed E-state index contributed by atoms with van der Waals surface area (Å²) in [6.07, 6.45) is 2.58. The largest absolute Gasteiger partial charge is 0.494 e. The molecule has 2 aromatic heterocycles. The smallest absolute Gasteiger partial charge is 0.259 e. The van der Waals surface area contributed by atoms with Crippen molar-refractivity contribution in [1.29, 1.82) is 0 Å². The predicted molar refractivity (Wildman–Crippen MR) is 100 cm³/mol. The minimum Gasteiger partial charge on any atom is -0.494 e. The molecular formula is C21H22N2O3. The summed E-state index contributed by atoms with van der Waals surface area (Å²) in [5.41, 5.74) is 0.549. The highest BCUT2D eigenvalue weighted by Gasteiger charge is 2.21. The van der Waals surface area contributed by atoms with Crippen molar-refractivity contribution in [3.8, 4) is 5.75 Å². The number of aryl methyl sites for hydroxylation is 1. The number of furan rings is 1. The standard InChI is InChI=1S/C21H22N2O3/c1-3-13-25-18-8-6-7-17(14-18)21(24)23(20-9-4-5-12-22-20)15-19-11-10-16(2)26-19/h4-12,14H,3,13,15H2,1-2H3. The van der Waals surface area contributed by atoms with Crippen molar-refractivity contribution in [2.45, 2.75) is 26.8 Å². The number of amides is 1. The molecule has 0 N–H and O–H groups in total. The summed E-state index contributed by atoms with van der Waals surface area (Å²) in [6, 6.07) is 16.5. The Hall–Kier alpha value is -3.08. The number of rotatable bonds is 7. The lowest BCUT2D eigenvalue weighted by Crippen LogP contribution is -2.31. The van der Waals surface area contributed by atoms with Crippen LogP contribution in [0.2, 0.25) is 0 Å². The Kier molecular flexibility index (Phi) is 5.69. The molecular weight excluding hydrogens is 328 g/mol. The van der Waals surface area contributed by atoms with Crippen LogP contribution in [0.1, 0.15) is 35.2 Å². The first kappa shape index (κ1) is 17.7.